The van der Waals surface area contributed by atoms with Crippen LogP contribution >= 0.6 is 11.3 Å². The van der Waals surface area contributed by atoms with Crippen molar-refractivity contribution in [3.63, 3.8) is 0 Å². The summed E-state index contributed by atoms with van der Waals surface area (Å²) in [5.74, 6) is 0.820. The Bertz CT molecular complexity index is 1240. The van der Waals surface area contributed by atoms with Crippen LogP contribution in [0.2, 0.25) is 0 Å². The van der Waals surface area contributed by atoms with Crippen LogP contribution in [0.25, 0.3) is 15.3 Å². The average molecular weight is 460 g/mol. The largest absolute Gasteiger partial charge is 0.368 e. The molecule has 0 spiro atoms. The van der Waals surface area contributed by atoms with E-state index in [4.69, 9.17) is 5.73 Å². The molecule has 2 aromatic carbocycles. The van der Waals surface area contributed by atoms with Crippen LogP contribution in [-0.2, 0) is 12.8 Å². The molecule has 0 amide bonds. The molecule has 4 aromatic rings. The fraction of sp³-hybridized carbons (Fsp3) is 0.400. The molecule has 3 heterocycles. The van der Waals surface area contributed by atoms with Crippen molar-refractivity contribution < 1.29 is 0 Å². The van der Waals surface area contributed by atoms with Crippen LogP contribution in [0, 0.1) is 0 Å². The van der Waals surface area contributed by atoms with E-state index in [2.05, 4.69) is 49.5 Å². The minimum absolute atomic E-state index is 0.329. The number of nitrogen functional groups attached to an aromatic ring is 1. The molecule has 3 N–H and O–H groups in total. The van der Waals surface area contributed by atoms with Gasteiger partial charge in [0.1, 0.15) is 0 Å². The summed E-state index contributed by atoms with van der Waals surface area (Å²) in [5.41, 5.74) is 11.0. The number of rotatable bonds is 4. The lowest BCUT2D eigenvalue weighted by Gasteiger charge is -2.31. The topological polar surface area (TPSA) is 84.9 Å². The van der Waals surface area contributed by atoms with Gasteiger partial charge in [-0.05, 0) is 74.0 Å². The van der Waals surface area contributed by atoms with Gasteiger partial charge < -0.3 is 16.0 Å². The van der Waals surface area contributed by atoms with Crippen molar-refractivity contribution in [2.75, 3.05) is 24.1 Å². The minimum atomic E-state index is 0.329. The molecule has 2 aromatic heterocycles. The predicted molar refractivity (Wildman–Crippen MR) is 135 cm³/mol. The molecule has 2 aliphatic rings. The molecular formula is C25H29N7S. The predicted octanol–water partition coefficient (Wildman–Crippen LogP) is 4.94. The Labute approximate surface area is 197 Å². The first-order valence-corrected chi connectivity index (χ1v) is 12.8. The van der Waals surface area contributed by atoms with Gasteiger partial charge >= 0.3 is 0 Å². The molecule has 1 saturated carbocycles. The van der Waals surface area contributed by atoms with Crippen molar-refractivity contribution in [2.45, 2.75) is 51.0 Å². The van der Waals surface area contributed by atoms with Crippen LogP contribution in [-0.4, -0.2) is 43.8 Å². The molecule has 8 heteroatoms. The van der Waals surface area contributed by atoms with Crippen LogP contribution in [0.3, 0.4) is 0 Å². The summed E-state index contributed by atoms with van der Waals surface area (Å²) in [6, 6.07) is 15.5. The van der Waals surface area contributed by atoms with Crippen LogP contribution in [0.5, 0.6) is 0 Å². The molecule has 0 saturated heterocycles. The molecule has 7 nitrogen and oxygen atoms in total. The molecule has 0 atom stereocenters. The number of aryl methyl sites for hydroxylation is 1. The Kier molecular flexibility index (Phi) is 5.47. The summed E-state index contributed by atoms with van der Waals surface area (Å²) in [4.78, 5) is 11.8. The Morgan fingerprint density at radius 3 is 2.70 bits per heavy atom. The van der Waals surface area contributed by atoms with Crippen LogP contribution in [0.1, 0.15) is 43.2 Å². The first-order chi connectivity index (χ1) is 16.2. The number of nitrogens with one attached hydrogen (secondary N) is 1. The third-order valence-corrected chi connectivity index (χ3v) is 7.97. The van der Waals surface area contributed by atoms with Crippen LogP contribution in [0.15, 0.2) is 42.5 Å². The molecular weight excluding hydrogens is 430 g/mol. The lowest BCUT2D eigenvalue weighted by Crippen LogP contribution is -2.37. The van der Waals surface area contributed by atoms with Crippen molar-refractivity contribution in [3.8, 4) is 5.13 Å². The van der Waals surface area contributed by atoms with Gasteiger partial charge in [0.2, 0.25) is 17.0 Å². The quantitative estimate of drug-likeness (QED) is 0.450. The van der Waals surface area contributed by atoms with E-state index in [-0.39, 0.29) is 0 Å². The van der Waals surface area contributed by atoms with Gasteiger partial charge in [0.15, 0.2) is 0 Å². The van der Waals surface area contributed by atoms with Gasteiger partial charge in [0.05, 0.1) is 10.2 Å². The zero-order valence-electron chi connectivity index (χ0n) is 18.7. The van der Waals surface area contributed by atoms with Crippen molar-refractivity contribution in [3.05, 3.63) is 53.6 Å². The van der Waals surface area contributed by atoms with E-state index in [9.17, 15) is 0 Å². The van der Waals surface area contributed by atoms with E-state index in [1.54, 1.807) is 16.0 Å². The SMILES string of the molecule is Nc1nc(Nc2ccc3c(c2)CCN(C2CCCC2)CCC3)nn1-c1nc2ccccc2s1. The minimum Gasteiger partial charge on any atom is -0.368 e. The number of fused-ring (bicyclic) bond motifs is 2. The molecule has 0 bridgehead atoms. The summed E-state index contributed by atoms with van der Waals surface area (Å²) in [6.45, 7) is 2.38. The lowest BCUT2D eigenvalue weighted by molar-refractivity contribution is 0.195. The van der Waals surface area contributed by atoms with Gasteiger partial charge in [0.25, 0.3) is 0 Å². The van der Waals surface area contributed by atoms with Gasteiger partial charge in [-0.1, -0.05) is 42.4 Å². The first-order valence-electron chi connectivity index (χ1n) is 11.9. The second-order valence-corrected chi connectivity index (χ2v) is 10.1. The van der Waals surface area contributed by atoms with E-state index in [0.717, 1.165) is 46.5 Å². The maximum atomic E-state index is 6.18. The van der Waals surface area contributed by atoms with Crippen LogP contribution in [0.4, 0.5) is 17.6 Å². The lowest BCUT2D eigenvalue weighted by atomic mass is 9.96. The summed E-state index contributed by atoms with van der Waals surface area (Å²) >= 11 is 1.55. The third kappa shape index (κ3) is 4.20. The molecule has 1 aliphatic carbocycles. The maximum Gasteiger partial charge on any atom is 0.248 e. The molecule has 170 valence electrons. The summed E-state index contributed by atoms with van der Waals surface area (Å²) in [7, 11) is 0. The average Bonchev–Trinajstić information content (AvgIpc) is 3.54. The summed E-state index contributed by atoms with van der Waals surface area (Å²) in [5, 5.41) is 8.67. The highest BCUT2D eigenvalue weighted by Gasteiger charge is 2.23. The second-order valence-electron chi connectivity index (χ2n) is 9.11. The van der Waals surface area contributed by atoms with E-state index < -0.39 is 0 Å². The van der Waals surface area contributed by atoms with E-state index in [1.165, 1.54) is 49.8 Å². The Morgan fingerprint density at radius 1 is 0.939 bits per heavy atom. The molecule has 1 aliphatic heterocycles. The fourth-order valence-corrected chi connectivity index (χ4v) is 6.19. The third-order valence-electron chi connectivity index (χ3n) is 6.96. The smallest absolute Gasteiger partial charge is 0.248 e. The normalized spacial score (nSPS) is 17.7. The number of aromatic nitrogens is 4. The van der Waals surface area contributed by atoms with Crippen molar-refractivity contribution in [1.82, 2.24) is 24.6 Å². The number of nitrogens with two attached hydrogens (primary N) is 1. The summed E-state index contributed by atoms with van der Waals surface area (Å²) < 4.78 is 2.71. The van der Waals surface area contributed by atoms with E-state index in [1.807, 2.05) is 18.2 Å². The Morgan fingerprint density at radius 2 is 1.82 bits per heavy atom. The Balaban J connectivity index is 1.21. The van der Waals surface area contributed by atoms with Gasteiger partial charge in [-0.2, -0.15) is 9.67 Å². The van der Waals surface area contributed by atoms with Crippen LogP contribution < -0.4 is 11.1 Å². The van der Waals surface area contributed by atoms with Gasteiger partial charge in [-0.3, -0.25) is 0 Å². The number of hydrogen-bond donors (Lipinski definition) is 2. The number of hydrogen-bond acceptors (Lipinski definition) is 7. The van der Waals surface area contributed by atoms with Crippen molar-refractivity contribution >= 4 is 39.1 Å². The van der Waals surface area contributed by atoms with Crippen molar-refractivity contribution in [1.29, 1.82) is 0 Å². The maximum absolute atomic E-state index is 6.18. The molecule has 33 heavy (non-hydrogen) atoms. The standard InChI is InChI=1S/C25H29N7S/c26-23-29-24(30-32(23)25-28-21-9-3-4-10-22(21)33-25)27-19-12-11-17-6-5-14-31(15-13-18(17)16-19)20-7-1-2-8-20/h3-4,9-12,16,20H,1-2,5-8,13-15H2,(H3,26,27,29,30). The number of anilines is 3. The Hall–Kier alpha value is -2.97. The van der Waals surface area contributed by atoms with E-state index in [0.29, 0.717) is 11.9 Å². The van der Waals surface area contributed by atoms with Gasteiger partial charge in [0, 0.05) is 18.3 Å². The zero-order valence-corrected chi connectivity index (χ0v) is 19.5. The number of nitrogens with zero attached hydrogens (tertiary/aromatic N) is 5. The zero-order chi connectivity index (χ0) is 22.2. The molecule has 1 fully saturated rings. The molecule has 0 radical (unpaired) electrons. The first kappa shape index (κ1) is 20.6. The molecule has 6 rings (SSSR count). The second kappa shape index (κ2) is 8.76. The highest BCUT2D eigenvalue weighted by molar-refractivity contribution is 7.20. The van der Waals surface area contributed by atoms with E-state index >= 15 is 0 Å². The van der Waals surface area contributed by atoms with Crippen molar-refractivity contribution in [2.24, 2.45) is 0 Å². The van der Waals surface area contributed by atoms with Gasteiger partial charge in [-0.25, -0.2) is 4.98 Å². The fourth-order valence-electron chi connectivity index (χ4n) is 5.26. The highest BCUT2D eigenvalue weighted by Crippen LogP contribution is 2.29. The monoisotopic (exact) mass is 459 g/mol. The van der Waals surface area contributed by atoms with Gasteiger partial charge in [-0.15, -0.1) is 5.10 Å². The number of benzene rings is 2. The number of thiazole rings is 1. The molecule has 0 unspecified atom stereocenters. The summed E-state index contributed by atoms with van der Waals surface area (Å²) in [6.07, 6.45) is 9.02. The highest BCUT2D eigenvalue weighted by atomic mass is 32.1. The number of para-hydroxylation sites is 1.